The third kappa shape index (κ3) is 5.27. The first-order valence-electron chi connectivity index (χ1n) is 6.76. The molecule has 116 valence electrons. The standard InChI is InChI=1S/C15H20ClFN2O2/c1-5-10(6-2)18-15(20)19-13-8-14(21-9(3)4)11(16)7-12(13)17/h5,7-9H,6H2,1-4H3,(H2,18,19,20)/b10-5-. The maximum atomic E-state index is 13.8. The number of carbonyl (C=O) groups excluding carboxylic acids is 1. The molecule has 0 aliphatic heterocycles. The molecular weight excluding hydrogens is 295 g/mol. The Morgan fingerprint density at radius 3 is 2.67 bits per heavy atom. The number of benzene rings is 1. The first kappa shape index (κ1) is 17.3. The zero-order chi connectivity index (χ0) is 16.0. The molecule has 1 rings (SSSR count). The lowest BCUT2D eigenvalue weighted by molar-refractivity contribution is 0.242. The highest BCUT2D eigenvalue weighted by molar-refractivity contribution is 6.32. The molecule has 4 nitrogen and oxygen atoms in total. The molecule has 0 saturated carbocycles. The highest BCUT2D eigenvalue weighted by Crippen LogP contribution is 2.31. The predicted octanol–water partition coefficient (Wildman–Crippen LogP) is 4.70. The molecule has 2 amide bonds. The Kier molecular flexibility index (Phi) is 6.49. The summed E-state index contributed by atoms with van der Waals surface area (Å²) in [5.41, 5.74) is 0.764. The van der Waals surface area contributed by atoms with E-state index in [4.69, 9.17) is 16.3 Å². The molecule has 0 saturated heterocycles. The van der Waals surface area contributed by atoms with Gasteiger partial charge in [0.15, 0.2) is 0 Å². The van der Waals surface area contributed by atoms with Crippen molar-refractivity contribution in [3.05, 3.63) is 34.7 Å². The highest BCUT2D eigenvalue weighted by atomic mass is 35.5. The van der Waals surface area contributed by atoms with E-state index >= 15 is 0 Å². The van der Waals surface area contributed by atoms with Crippen LogP contribution in [0.1, 0.15) is 34.1 Å². The van der Waals surface area contributed by atoms with Crippen LogP contribution in [0.4, 0.5) is 14.9 Å². The molecule has 0 aliphatic rings. The van der Waals surface area contributed by atoms with Crippen LogP contribution in [0.15, 0.2) is 23.9 Å². The van der Waals surface area contributed by atoms with Gasteiger partial charge >= 0.3 is 6.03 Å². The van der Waals surface area contributed by atoms with E-state index < -0.39 is 11.8 Å². The number of hydrogen-bond donors (Lipinski definition) is 2. The van der Waals surface area contributed by atoms with E-state index in [1.807, 2.05) is 27.7 Å². The number of rotatable bonds is 5. The molecule has 0 aliphatic carbocycles. The summed E-state index contributed by atoms with van der Waals surface area (Å²) >= 11 is 5.91. The summed E-state index contributed by atoms with van der Waals surface area (Å²) in [5.74, 6) is -0.296. The number of amides is 2. The van der Waals surface area contributed by atoms with E-state index in [1.165, 1.54) is 6.07 Å². The minimum absolute atomic E-state index is 0.0131. The van der Waals surface area contributed by atoms with Gasteiger partial charge in [-0.15, -0.1) is 0 Å². The third-order valence-corrected chi connectivity index (χ3v) is 2.93. The number of urea groups is 1. The molecule has 0 spiro atoms. The fraction of sp³-hybridized carbons (Fsp3) is 0.400. The van der Waals surface area contributed by atoms with Gasteiger partial charge < -0.3 is 15.4 Å². The molecule has 0 unspecified atom stereocenters. The van der Waals surface area contributed by atoms with Gasteiger partial charge in [-0.2, -0.15) is 0 Å². The van der Waals surface area contributed by atoms with Crippen LogP contribution in [0, 0.1) is 5.82 Å². The van der Waals surface area contributed by atoms with Crippen LogP contribution in [-0.4, -0.2) is 12.1 Å². The van der Waals surface area contributed by atoms with Gasteiger partial charge in [-0.1, -0.05) is 24.6 Å². The van der Waals surface area contributed by atoms with Crippen LogP contribution < -0.4 is 15.4 Å². The summed E-state index contributed by atoms with van der Waals surface area (Å²) in [5, 5.41) is 5.25. The van der Waals surface area contributed by atoms with E-state index in [1.54, 1.807) is 6.08 Å². The molecule has 2 N–H and O–H groups in total. The van der Waals surface area contributed by atoms with Gasteiger partial charge in [-0.05, 0) is 33.3 Å². The summed E-state index contributed by atoms with van der Waals surface area (Å²) < 4.78 is 19.3. The maximum absolute atomic E-state index is 13.8. The van der Waals surface area contributed by atoms with Crippen molar-refractivity contribution in [2.75, 3.05) is 5.32 Å². The monoisotopic (exact) mass is 314 g/mol. The van der Waals surface area contributed by atoms with Gasteiger partial charge in [0.1, 0.15) is 11.6 Å². The predicted molar refractivity (Wildman–Crippen MR) is 83.4 cm³/mol. The molecular formula is C15H20ClFN2O2. The molecule has 0 radical (unpaired) electrons. The summed E-state index contributed by atoms with van der Waals surface area (Å²) in [6, 6.07) is 1.98. The largest absolute Gasteiger partial charge is 0.489 e. The van der Waals surface area contributed by atoms with Crippen molar-refractivity contribution < 1.29 is 13.9 Å². The van der Waals surface area contributed by atoms with Crippen molar-refractivity contribution in [2.45, 2.75) is 40.2 Å². The van der Waals surface area contributed by atoms with Gasteiger partial charge in [-0.25, -0.2) is 9.18 Å². The molecule has 0 atom stereocenters. The van der Waals surface area contributed by atoms with Crippen LogP contribution >= 0.6 is 11.6 Å². The Hall–Kier alpha value is -1.75. The molecule has 0 aromatic heterocycles. The number of ether oxygens (including phenoxy) is 1. The second-order valence-corrected chi connectivity index (χ2v) is 5.08. The van der Waals surface area contributed by atoms with Gasteiger partial charge in [0.2, 0.25) is 0 Å². The van der Waals surface area contributed by atoms with E-state index in [0.717, 1.165) is 11.8 Å². The van der Waals surface area contributed by atoms with Gasteiger partial charge in [0.05, 0.1) is 16.8 Å². The molecule has 21 heavy (non-hydrogen) atoms. The average Bonchev–Trinajstić information content (AvgIpc) is 2.41. The molecule has 1 aromatic carbocycles. The zero-order valence-corrected chi connectivity index (χ0v) is 13.3. The van der Waals surface area contributed by atoms with Gasteiger partial charge in [0.25, 0.3) is 0 Å². The Labute approximate surface area is 129 Å². The molecule has 6 heteroatoms. The molecule has 0 bridgehead atoms. The van der Waals surface area contributed by atoms with Gasteiger partial charge in [-0.3, -0.25) is 0 Å². The minimum atomic E-state index is -0.621. The second kappa shape index (κ2) is 7.88. The van der Waals surface area contributed by atoms with E-state index in [-0.39, 0.29) is 16.8 Å². The van der Waals surface area contributed by atoms with Crippen LogP contribution in [-0.2, 0) is 0 Å². The summed E-state index contributed by atoms with van der Waals surface area (Å²) in [6.07, 6.45) is 2.35. The van der Waals surface area contributed by atoms with E-state index in [2.05, 4.69) is 10.6 Å². The summed E-state index contributed by atoms with van der Waals surface area (Å²) in [6.45, 7) is 7.39. The number of hydrogen-bond acceptors (Lipinski definition) is 2. The Morgan fingerprint density at radius 2 is 2.14 bits per heavy atom. The topological polar surface area (TPSA) is 50.4 Å². The van der Waals surface area contributed by atoms with Crippen molar-refractivity contribution >= 4 is 23.3 Å². The number of carbonyl (C=O) groups is 1. The maximum Gasteiger partial charge on any atom is 0.323 e. The lowest BCUT2D eigenvalue weighted by atomic mass is 10.2. The first-order valence-corrected chi connectivity index (χ1v) is 7.14. The van der Waals surface area contributed by atoms with Crippen LogP contribution in [0.2, 0.25) is 5.02 Å². The molecule has 0 heterocycles. The highest BCUT2D eigenvalue weighted by Gasteiger charge is 2.13. The Bertz CT molecular complexity index is 545. The van der Waals surface area contributed by atoms with Gasteiger partial charge in [0, 0.05) is 11.8 Å². The fourth-order valence-corrected chi connectivity index (χ4v) is 1.83. The number of anilines is 1. The lowest BCUT2D eigenvalue weighted by Crippen LogP contribution is -2.28. The third-order valence-electron chi connectivity index (χ3n) is 2.64. The van der Waals surface area contributed by atoms with Crippen LogP contribution in [0.25, 0.3) is 0 Å². The minimum Gasteiger partial charge on any atom is -0.489 e. The Morgan fingerprint density at radius 1 is 1.48 bits per heavy atom. The van der Waals surface area contributed by atoms with E-state index in [0.29, 0.717) is 12.2 Å². The number of allylic oxidation sites excluding steroid dienone is 2. The summed E-state index contributed by atoms with van der Waals surface area (Å²) in [7, 11) is 0. The Balaban J connectivity index is 2.90. The van der Waals surface area contributed by atoms with Crippen molar-refractivity contribution in [3.8, 4) is 5.75 Å². The normalized spacial score (nSPS) is 11.5. The van der Waals surface area contributed by atoms with Crippen molar-refractivity contribution in [1.82, 2.24) is 5.32 Å². The molecule has 1 aromatic rings. The molecule has 0 fully saturated rings. The second-order valence-electron chi connectivity index (χ2n) is 4.68. The van der Waals surface area contributed by atoms with Crippen LogP contribution in [0.5, 0.6) is 5.75 Å². The lowest BCUT2D eigenvalue weighted by Gasteiger charge is -2.14. The van der Waals surface area contributed by atoms with Crippen molar-refractivity contribution in [3.63, 3.8) is 0 Å². The summed E-state index contributed by atoms with van der Waals surface area (Å²) in [4.78, 5) is 11.8. The van der Waals surface area contributed by atoms with E-state index in [9.17, 15) is 9.18 Å². The quantitative estimate of drug-likeness (QED) is 0.827. The number of nitrogens with one attached hydrogen (secondary N) is 2. The zero-order valence-electron chi connectivity index (χ0n) is 12.6. The smallest absolute Gasteiger partial charge is 0.323 e. The first-order chi connectivity index (χ1) is 9.87. The van der Waals surface area contributed by atoms with Crippen molar-refractivity contribution in [2.24, 2.45) is 0 Å². The van der Waals surface area contributed by atoms with Crippen molar-refractivity contribution in [1.29, 1.82) is 0 Å². The average molecular weight is 315 g/mol. The fourth-order valence-electron chi connectivity index (χ4n) is 1.63. The number of halogens is 2. The SMILES string of the molecule is C/C=C(/CC)NC(=O)Nc1cc(OC(C)C)c(Cl)cc1F. The van der Waals surface area contributed by atoms with Crippen LogP contribution in [0.3, 0.4) is 0 Å².